The molecule has 1 aromatic heterocycles. The quantitative estimate of drug-likeness (QED) is 0.828. The molecule has 0 aliphatic heterocycles. The van der Waals surface area contributed by atoms with Crippen LogP contribution in [0, 0.1) is 5.92 Å². The Kier molecular flexibility index (Phi) is 5.44. The normalized spacial score (nSPS) is 23.9. The van der Waals surface area contributed by atoms with E-state index in [1.807, 2.05) is 19.1 Å². The zero-order valence-corrected chi connectivity index (χ0v) is 15.7. The summed E-state index contributed by atoms with van der Waals surface area (Å²) >= 11 is 9.25. The molecule has 1 amide bonds. The molecule has 0 spiro atoms. The van der Waals surface area contributed by atoms with E-state index in [1.165, 1.54) is 23.1 Å². The summed E-state index contributed by atoms with van der Waals surface area (Å²) in [6, 6.07) is 5.50. The number of rotatable bonds is 4. The first-order valence-electron chi connectivity index (χ1n) is 7.79. The highest BCUT2D eigenvalue weighted by Gasteiger charge is 2.37. The van der Waals surface area contributed by atoms with Gasteiger partial charge in [-0.05, 0) is 38.0 Å². The van der Waals surface area contributed by atoms with Gasteiger partial charge in [-0.15, -0.1) is 10.2 Å². The Morgan fingerprint density at radius 3 is 3.00 bits per heavy atom. The molecule has 2 aromatic rings. The van der Waals surface area contributed by atoms with E-state index < -0.39 is 5.54 Å². The number of nitrogens with two attached hydrogens (primary N) is 1. The van der Waals surface area contributed by atoms with Gasteiger partial charge in [0.25, 0.3) is 0 Å². The first-order valence-corrected chi connectivity index (χ1v) is 9.86. The maximum Gasteiger partial charge on any atom is 0.229 e. The van der Waals surface area contributed by atoms with Gasteiger partial charge < -0.3 is 11.1 Å². The van der Waals surface area contributed by atoms with Crippen molar-refractivity contribution in [1.29, 1.82) is 0 Å². The summed E-state index contributed by atoms with van der Waals surface area (Å²) < 4.78 is 0.829. The standard InChI is InChI=1S/C16H19ClN4OS2/c1-16(18)7-3-2-4-11(16)14(22)20-10-5-6-13(12(17)8-10)24-15-21-19-9-23-15/h5-6,8-9,11H,2-4,7,18H2,1H3,(H,20,22). The molecule has 1 aliphatic carbocycles. The summed E-state index contributed by atoms with van der Waals surface area (Å²) in [4.78, 5) is 13.5. The van der Waals surface area contributed by atoms with Gasteiger partial charge in [0.05, 0.1) is 10.9 Å². The molecule has 128 valence electrons. The number of aromatic nitrogens is 2. The van der Waals surface area contributed by atoms with E-state index in [0.717, 1.165) is 34.9 Å². The van der Waals surface area contributed by atoms with Crippen molar-refractivity contribution in [2.24, 2.45) is 11.7 Å². The fraction of sp³-hybridized carbons (Fsp3) is 0.438. The number of anilines is 1. The van der Waals surface area contributed by atoms with E-state index >= 15 is 0 Å². The number of hydrogen-bond donors (Lipinski definition) is 2. The molecule has 1 fully saturated rings. The van der Waals surface area contributed by atoms with Crippen LogP contribution in [-0.4, -0.2) is 21.6 Å². The minimum Gasteiger partial charge on any atom is -0.326 e. The zero-order chi connectivity index (χ0) is 17.2. The lowest BCUT2D eigenvalue weighted by Gasteiger charge is -2.37. The first-order chi connectivity index (χ1) is 11.5. The number of nitrogens with zero attached hydrogens (tertiary/aromatic N) is 2. The van der Waals surface area contributed by atoms with Gasteiger partial charge in [-0.3, -0.25) is 4.79 Å². The van der Waals surface area contributed by atoms with Crippen LogP contribution in [0.1, 0.15) is 32.6 Å². The van der Waals surface area contributed by atoms with Gasteiger partial charge in [0.1, 0.15) is 5.51 Å². The Labute approximate surface area is 154 Å². The molecule has 1 saturated carbocycles. The Bertz CT molecular complexity index is 721. The number of carbonyl (C=O) groups is 1. The Morgan fingerprint density at radius 2 is 2.33 bits per heavy atom. The Balaban J connectivity index is 1.69. The highest BCUT2D eigenvalue weighted by atomic mass is 35.5. The Hall–Kier alpha value is -1.15. The molecule has 2 atom stereocenters. The van der Waals surface area contributed by atoms with Crippen molar-refractivity contribution in [1.82, 2.24) is 10.2 Å². The average molecular weight is 383 g/mol. The zero-order valence-electron chi connectivity index (χ0n) is 13.3. The maximum atomic E-state index is 12.6. The second-order valence-corrected chi connectivity index (χ2v) is 8.77. The highest BCUT2D eigenvalue weighted by Crippen LogP contribution is 2.36. The monoisotopic (exact) mass is 382 g/mol. The van der Waals surface area contributed by atoms with Crippen LogP contribution in [0.4, 0.5) is 5.69 Å². The van der Waals surface area contributed by atoms with E-state index in [1.54, 1.807) is 11.6 Å². The number of benzene rings is 1. The first kappa shape index (κ1) is 17.7. The number of hydrogen-bond acceptors (Lipinski definition) is 6. The topological polar surface area (TPSA) is 80.9 Å². The smallest absolute Gasteiger partial charge is 0.229 e. The molecular weight excluding hydrogens is 364 g/mol. The lowest BCUT2D eigenvalue weighted by Crippen LogP contribution is -2.51. The van der Waals surface area contributed by atoms with Crippen molar-refractivity contribution in [2.75, 3.05) is 5.32 Å². The highest BCUT2D eigenvalue weighted by molar-refractivity contribution is 8.01. The number of amides is 1. The number of halogens is 1. The molecule has 0 saturated heterocycles. The van der Waals surface area contributed by atoms with Gasteiger partial charge in [-0.2, -0.15) is 0 Å². The van der Waals surface area contributed by atoms with Crippen LogP contribution in [0.2, 0.25) is 5.02 Å². The predicted octanol–water partition coefficient (Wildman–Crippen LogP) is 4.19. The lowest BCUT2D eigenvalue weighted by molar-refractivity contribution is -0.122. The summed E-state index contributed by atoms with van der Waals surface area (Å²) in [6.45, 7) is 1.96. The maximum absolute atomic E-state index is 12.6. The van der Waals surface area contributed by atoms with Crippen molar-refractivity contribution in [3.8, 4) is 0 Å². The van der Waals surface area contributed by atoms with Crippen LogP contribution in [0.3, 0.4) is 0 Å². The van der Waals surface area contributed by atoms with Crippen LogP contribution in [-0.2, 0) is 4.79 Å². The average Bonchev–Trinajstić information content (AvgIpc) is 3.02. The molecule has 3 rings (SSSR count). The fourth-order valence-electron chi connectivity index (χ4n) is 2.98. The third-order valence-corrected chi connectivity index (χ3v) is 6.59. The third-order valence-electron chi connectivity index (χ3n) is 4.31. The van der Waals surface area contributed by atoms with E-state index in [-0.39, 0.29) is 11.8 Å². The molecule has 1 aromatic carbocycles. The molecule has 3 N–H and O–H groups in total. The van der Waals surface area contributed by atoms with Crippen LogP contribution >= 0.6 is 34.7 Å². The summed E-state index contributed by atoms with van der Waals surface area (Å²) in [6.07, 6.45) is 3.84. The van der Waals surface area contributed by atoms with Gasteiger partial charge in [0.15, 0.2) is 4.34 Å². The minimum atomic E-state index is -0.445. The third kappa shape index (κ3) is 4.08. The van der Waals surface area contributed by atoms with Crippen LogP contribution in [0.15, 0.2) is 32.9 Å². The summed E-state index contributed by atoms with van der Waals surface area (Å²) in [5.74, 6) is -0.194. The van der Waals surface area contributed by atoms with Crippen LogP contribution in [0.5, 0.6) is 0 Å². The molecular formula is C16H19ClN4OS2. The molecule has 24 heavy (non-hydrogen) atoms. The molecule has 1 heterocycles. The lowest BCUT2D eigenvalue weighted by atomic mass is 9.74. The van der Waals surface area contributed by atoms with Crippen molar-refractivity contribution in [3.63, 3.8) is 0 Å². The minimum absolute atomic E-state index is 0.0275. The van der Waals surface area contributed by atoms with Crippen LogP contribution < -0.4 is 11.1 Å². The van der Waals surface area contributed by atoms with Gasteiger partial charge in [-0.25, -0.2) is 0 Å². The predicted molar refractivity (Wildman–Crippen MR) is 98.7 cm³/mol. The molecule has 2 unspecified atom stereocenters. The SMILES string of the molecule is CC1(N)CCCCC1C(=O)Nc1ccc(Sc2nncs2)c(Cl)c1. The van der Waals surface area contributed by atoms with Gasteiger partial charge in [0.2, 0.25) is 5.91 Å². The fourth-order valence-corrected chi connectivity index (χ4v) is 4.72. The van der Waals surface area contributed by atoms with E-state index in [9.17, 15) is 4.79 Å². The summed E-state index contributed by atoms with van der Waals surface area (Å²) in [5.41, 5.74) is 8.23. The molecule has 5 nitrogen and oxygen atoms in total. The largest absolute Gasteiger partial charge is 0.326 e. The van der Waals surface area contributed by atoms with Crippen molar-refractivity contribution in [3.05, 3.63) is 28.7 Å². The van der Waals surface area contributed by atoms with E-state index in [0.29, 0.717) is 10.7 Å². The van der Waals surface area contributed by atoms with Gasteiger partial charge >= 0.3 is 0 Å². The molecule has 1 aliphatic rings. The second kappa shape index (κ2) is 7.39. The van der Waals surface area contributed by atoms with Gasteiger partial charge in [0, 0.05) is 16.1 Å². The number of carbonyl (C=O) groups excluding carboxylic acids is 1. The van der Waals surface area contributed by atoms with Crippen molar-refractivity contribution >= 4 is 46.3 Å². The summed E-state index contributed by atoms with van der Waals surface area (Å²) in [7, 11) is 0. The summed E-state index contributed by atoms with van der Waals surface area (Å²) in [5, 5.41) is 11.3. The van der Waals surface area contributed by atoms with Crippen LogP contribution in [0.25, 0.3) is 0 Å². The molecule has 0 radical (unpaired) electrons. The van der Waals surface area contributed by atoms with Crippen molar-refractivity contribution < 1.29 is 4.79 Å². The molecule has 8 heteroatoms. The molecule has 0 bridgehead atoms. The van der Waals surface area contributed by atoms with E-state index in [2.05, 4.69) is 15.5 Å². The van der Waals surface area contributed by atoms with Gasteiger partial charge in [-0.1, -0.05) is 47.5 Å². The number of nitrogens with one attached hydrogen (secondary N) is 1. The Morgan fingerprint density at radius 1 is 1.50 bits per heavy atom. The second-order valence-electron chi connectivity index (χ2n) is 6.25. The van der Waals surface area contributed by atoms with Crippen molar-refractivity contribution in [2.45, 2.75) is 47.4 Å². The van der Waals surface area contributed by atoms with E-state index in [4.69, 9.17) is 17.3 Å².